The van der Waals surface area contributed by atoms with Gasteiger partial charge in [0.05, 0.1) is 0 Å². The largest absolute Gasteiger partial charge is 0.492 e. The number of H-pyrrole nitrogens is 1. The highest BCUT2D eigenvalue weighted by molar-refractivity contribution is 5.27. The Kier molecular flexibility index (Phi) is 4.16. The van der Waals surface area contributed by atoms with E-state index in [1.54, 1.807) is 6.20 Å². The van der Waals surface area contributed by atoms with Crippen molar-refractivity contribution in [2.24, 2.45) is 0 Å². The third-order valence-corrected chi connectivity index (χ3v) is 2.41. The minimum atomic E-state index is 0.664. The van der Waals surface area contributed by atoms with Gasteiger partial charge in [-0.05, 0) is 30.7 Å². The standard InChI is InChI=1S/C13H17N3O/c1-11-3-2-4-13(9-11)17-8-7-14-10-12-5-6-15-16-12/h2-6,9,14H,7-8,10H2,1H3,(H,15,16). The summed E-state index contributed by atoms with van der Waals surface area (Å²) in [6.45, 7) is 4.32. The molecule has 4 nitrogen and oxygen atoms in total. The first-order valence-corrected chi connectivity index (χ1v) is 5.73. The van der Waals surface area contributed by atoms with Gasteiger partial charge in [-0.1, -0.05) is 12.1 Å². The number of hydrogen-bond acceptors (Lipinski definition) is 3. The van der Waals surface area contributed by atoms with Crippen LogP contribution in [0.1, 0.15) is 11.3 Å². The minimum absolute atomic E-state index is 0.664. The average molecular weight is 231 g/mol. The van der Waals surface area contributed by atoms with Crippen molar-refractivity contribution in [3.63, 3.8) is 0 Å². The zero-order chi connectivity index (χ0) is 11.9. The second-order valence-electron chi connectivity index (χ2n) is 3.92. The molecule has 0 radical (unpaired) electrons. The van der Waals surface area contributed by atoms with Crippen LogP contribution in [-0.2, 0) is 6.54 Å². The lowest BCUT2D eigenvalue weighted by Crippen LogP contribution is -2.20. The summed E-state index contributed by atoms with van der Waals surface area (Å²) >= 11 is 0. The zero-order valence-corrected chi connectivity index (χ0v) is 9.94. The van der Waals surface area contributed by atoms with Gasteiger partial charge in [-0.3, -0.25) is 5.10 Å². The summed E-state index contributed by atoms with van der Waals surface area (Å²) in [5, 5.41) is 10.1. The van der Waals surface area contributed by atoms with Crippen molar-refractivity contribution in [3.05, 3.63) is 47.8 Å². The maximum absolute atomic E-state index is 5.62. The number of benzene rings is 1. The molecule has 0 unspecified atom stereocenters. The highest BCUT2D eigenvalue weighted by atomic mass is 16.5. The quantitative estimate of drug-likeness (QED) is 0.746. The predicted molar refractivity (Wildman–Crippen MR) is 67.0 cm³/mol. The van der Waals surface area contributed by atoms with E-state index in [4.69, 9.17) is 4.74 Å². The van der Waals surface area contributed by atoms with Crippen LogP contribution in [0.4, 0.5) is 0 Å². The third-order valence-electron chi connectivity index (χ3n) is 2.41. The lowest BCUT2D eigenvalue weighted by atomic mass is 10.2. The monoisotopic (exact) mass is 231 g/mol. The Labute approximate surface area is 101 Å². The number of aryl methyl sites for hydroxylation is 1. The first-order chi connectivity index (χ1) is 8.34. The van der Waals surface area contributed by atoms with Gasteiger partial charge in [0, 0.05) is 25.0 Å². The minimum Gasteiger partial charge on any atom is -0.492 e. The van der Waals surface area contributed by atoms with E-state index < -0.39 is 0 Å². The lowest BCUT2D eigenvalue weighted by Gasteiger charge is -2.07. The van der Waals surface area contributed by atoms with Crippen LogP contribution in [0.25, 0.3) is 0 Å². The summed E-state index contributed by atoms with van der Waals surface area (Å²) in [5.41, 5.74) is 2.30. The summed E-state index contributed by atoms with van der Waals surface area (Å²) in [7, 11) is 0. The average Bonchev–Trinajstić information content (AvgIpc) is 2.82. The number of hydrogen-bond donors (Lipinski definition) is 2. The number of aromatic amines is 1. The second-order valence-corrected chi connectivity index (χ2v) is 3.92. The van der Waals surface area contributed by atoms with Crippen LogP contribution in [0.3, 0.4) is 0 Å². The molecule has 2 rings (SSSR count). The third kappa shape index (κ3) is 3.92. The van der Waals surface area contributed by atoms with Gasteiger partial charge in [-0.15, -0.1) is 0 Å². The lowest BCUT2D eigenvalue weighted by molar-refractivity contribution is 0.313. The van der Waals surface area contributed by atoms with E-state index in [0.29, 0.717) is 6.61 Å². The maximum Gasteiger partial charge on any atom is 0.119 e. The van der Waals surface area contributed by atoms with Gasteiger partial charge in [0.2, 0.25) is 0 Å². The molecule has 0 aliphatic rings. The van der Waals surface area contributed by atoms with Crippen molar-refractivity contribution in [3.8, 4) is 5.75 Å². The van der Waals surface area contributed by atoms with E-state index in [2.05, 4.69) is 28.5 Å². The molecule has 0 saturated heterocycles. The van der Waals surface area contributed by atoms with E-state index in [1.807, 2.05) is 24.3 Å². The molecule has 17 heavy (non-hydrogen) atoms. The molecule has 0 bridgehead atoms. The van der Waals surface area contributed by atoms with E-state index in [-0.39, 0.29) is 0 Å². The summed E-state index contributed by atoms with van der Waals surface area (Å²) in [4.78, 5) is 0. The fraction of sp³-hybridized carbons (Fsp3) is 0.308. The molecule has 0 amide bonds. The van der Waals surface area contributed by atoms with Crippen molar-refractivity contribution in [2.45, 2.75) is 13.5 Å². The summed E-state index contributed by atoms with van der Waals surface area (Å²) in [5.74, 6) is 0.924. The van der Waals surface area contributed by atoms with Crippen LogP contribution in [-0.4, -0.2) is 23.3 Å². The topological polar surface area (TPSA) is 49.9 Å². The van der Waals surface area contributed by atoms with Gasteiger partial charge in [0.1, 0.15) is 12.4 Å². The van der Waals surface area contributed by atoms with E-state index >= 15 is 0 Å². The molecule has 1 aromatic carbocycles. The molecule has 0 aliphatic heterocycles. The fourth-order valence-corrected chi connectivity index (χ4v) is 1.55. The number of nitrogens with one attached hydrogen (secondary N) is 2. The predicted octanol–water partition coefficient (Wildman–Crippen LogP) is 1.89. The number of nitrogens with zero attached hydrogens (tertiary/aromatic N) is 1. The highest BCUT2D eigenvalue weighted by Gasteiger charge is 1.95. The van der Waals surface area contributed by atoms with E-state index in [1.165, 1.54) is 5.56 Å². The SMILES string of the molecule is Cc1cccc(OCCNCc2ccn[nH]2)c1. The van der Waals surface area contributed by atoms with Gasteiger partial charge in [0.15, 0.2) is 0 Å². The Bertz CT molecular complexity index is 440. The van der Waals surface area contributed by atoms with Gasteiger partial charge < -0.3 is 10.1 Å². The molecule has 1 aromatic heterocycles. The van der Waals surface area contributed by atoms with Crippen LogP contribution in [0.2, 0.25) is 0 Å². The smallest absolute Gasteiger partial charge is 0.119 e. The fourth-order valence-electron chi connectivity index (χ4n) is 1.55. The summed E-state index contributed by atoms with van der Waals surface area (Å²) in [6, 6.07) is 10.0. The normalized spacial score (nSPS) is 10.4. The molecule has 0 fully saturated rings. The van der Waals surface area contributed by atoms with Crippen LogP contribution >= 0.6 is 0 Å². The Hall–Kier alpha value is -1.81. The molecule has 4 heteroatoms. The van der Waals surface area contributed by atoms with Crippen molar-refractivity contribution in [2.75, 3.05) is 13.2 Å². The Balaban J connectivity index is 1.63. The summed E-state index contributed by atoms with van der Waals surface area (Å²) < 4.78 is 5.62. The van der Waals surface area contributed by atoms with Crippen molar-refractivity contribution < 1.29 is 4.74 Å². The Morgan fingerprint density at radius 2 is 2.29 bits per heavy atom. The second kappa shape index (κ2) is 6.06. The Morgan fingerprint density at radius 3 is 3.06 bits per heavy atom. The van der Waals surface area contributed by atoms with Gasteiger partial charge >= 0.3 is 0 Å². The molecule has 2 aromatic rings. The molecule has 2 N–H and O–H groups in total. The van der Waals surface area contributed by atoms with Gasteiger partial charge in [0.25, 0.3) is 0 Å². The van der Waals surface area contributed by atoms with Crippen molar-refractivity contribution in [1.82, 2.24) is 15.5 Å². The van der Waals surface area contributed by atoms with Crippen molar-refractivity contribution >= 4 is 0 Å². The van der Waals surface area contributed by atoms with E-state index in [9.17, 15) is 0 Å². The molecule has 0 atom stereocenters. The van der Waals surface area contributed by atoms with Gasteiger partial charge in [-0.25, -0.2) is 0 Å². The number of aromatic nitrogens is 2. The Morgan fingerprint density at radius 1 is 1.35 bits per heavy atom. The van der Waals surface area contributed by atoms with Crippen molar-refractivity contribution in [1.29, 1.82) is 0 Å². The molecule has 0 saturated carbocycles. The zero-order valence-electron chi connectivity index (χ0n) is 9.94. The van der Waals surface area contributed by atoms with Crippen LogP contribution in [0.5, 0.6) is 5.75 Å². The number of rotatable bonds is 6. The highest BCUT2D eigenvalue weighted by Crippen LogP contribution is 2.11. The molecule has 0 spiro atoms. The summed E-state index contributed by atoms with van der Waals surface area (Å²) in [6.07, 6.45) is 1.75. The van der Waals surface area contributed by atoms with Crippen LogP contribution < -0.4 is 10.1 Å². The molecule has 1 heterocycles. The molecular formula is C13H17N3O. The number of ether oxygens (including phenoxy) is 1. The van der Waals surface area contributed by atoms with Crippen LogP contribution in [0, 0.1) is 6.92 Å². The first-order valence-electron chi connectivity index (χ1n) is 5.73. The molecule has 0 aliphatic carbocycles. The maximum atomic E-state index is 5.62. The van der Waals surface area contributed by atoms with Crippen LogP contribution in [0.15, 0.2) is 36.5 Å². The van der Waals surface area contributed by atoms with Gasteiger partial charge in [-0.2, -0.15) is 5.10 Å². The molecular weight excluding hydrogens is 214 g/mol. The van der Waals surface area contributed by atoms with E-state index in [0.717, 1.165) is 24.5 Å². The first kappa shape index (κ1) is 11.7. The molecule has 90 valence electrons.